The maximum Gasteiger partial charge on any atom is 0.191 e. The molecule has 1 aromatic heterocycles. The van der Waals surface area contributed by atoms with E-state index < -0.39 is 0 Å². The van der Waals surface area contributed by atoms with E-state index in [1.54, 1.807) is 7.05 Å². The molecular formula is C20H31IN4O2. The van der Waals surface area contributed by atoms with Crippen molar-refractivity contribution in [2.45, 2.75) is 59.7 Å². The highest BCUT2D eigenvalue weighted by Crippen LogP contribution is 2.16. The van der Waals surface area contributed by atoms with Gasteiger partial charge in [0.25, 0.3) is 0 Å². The summed E-state index contributed by atoms with van der Waals surface area (Å²) in [7, 11) is 1.77. The second kappa shape index (κ2) is 11.8. The molecule has 1 aromatic carbocycles. The Morgan fingerprint density at radius 2 is 1.93 bits per heavy atom. The maximum absolute atomic E-state index is 5.74. The van der Waals surface area contributed by atoms with Crippen LogP contribution in [-0.4, -0.2) is 24.3 Å². The standard InChI is InChI=1S/C20H30N4O2.HI/c1-6-18-17(19(7-2)26-24-18)13-23-20(21-5)22-12-15-9-8-10-16(11-15)25-14(3)4;/h8-11,14H,6-7,12-13H2,1-5H3,(H2,21,22,23);1H. The highest BCUT2D eigenvalue weighted by molar-refractivity contribution is 14.0. The molecule has 27 heavy (non-hydrogen) atoms. The van der Waals surface area contributed by atoms with Gasteiger partial charge in [-0.25, -0.2) is 0 Å². The zero-order chi connectivity index (χ0) is 18.9. The van der Waals surface area contributed by atoms with Gasteiger partial charge in [-0.05, 0) is 38.0 Å². The monoisotopic (exact) mass is 486 g/mol. The van der Waals surface area contributed by atoms with Crippen LogP contribution in [0.5, 0.6) is 5.75 Å². The number of rotatable bonds is 8. The van der Waals surface area contributed by atoms with Gasteiger partial charge >= 0.3 is 0 Å². The number of aryl methyl sites for hydroxylation is 2. The van der Waals surface area contributed by atoms with Gasteiger partial charge in [-0.3, -0.25) is 4.99 Å². The third kappa shape index (κ3) is 7.04. The van der Waals surface area contributed by atoms with E-state index in [1.165, 1.54) is 0 Å². The Morgan fingerprint density at radius 1 is 1.19 bits per heavy atom. The molecule has 150 valence electrons. The summed E-state index contributed by atoms with van der Waals surface area (Å²) in [5.74, 6) is 2.56. The van der Waals surface area contributed by atoms with Crippen LogP contribution >= 0.6 is 24.0 Å². The quantitative estimate of drug-likeness (QED) is 0.335. The summed E-state index contributed by atoms with van der Waals surface area (Å²) in [6.07, 6.45) is 1.85. The molecule has 2 N–H and O–H groups in total. The molecule has 0 bridgehead atoms. The lowest BCUT2D eigenvalue weighted by Gasteiger charge is -2.14. The zero-order valence-corrected chi connectivity index (χ0v) is 19.2. The van der Waals surface area contributed by atoms with Gasteiger partial charge in [-0.15, -0.1) is 24.0 Å². The summed E-state index contributed by atoms with van der Waals surface area (Å²) in [4.78, 5) is 4.30. The van der Waals surface area contributed by atoms with Crippen molar-refractivity contribution in [3.63, 3.8) is 0 Å². The van der Waals surface area contributed by atoms with E-state index in [4.69, 9.17) is 9.26 Å². The number of hydrogen-bond donors (Lipinski definition) is 2. The highest BCUT2D eigenvalue weighted by Gasteiger charge is 2.13. The van der Waals surface area contributed by atoms with E-state index in [9.17, 15) is 0 Å². The number of hydrogen-bond acceptors (Lipinski definition) is 4. The van der Waals surface area contributed by atoms with E-state index in [-0.39, 0.29) is 30.1 Å². The summed E-state index contributed by atoms with van der Waals surface area (Å²) in [6, 6.07) is 8.09. The topological polar surface area (TPSA) is 71.7 Å². The third-order valence-corrected chi connectivity index (χ3v) is 3.99. The van der Waals surface area contributed by atoms with Gasteiger partial charge in [0.1, 0.15) is 11.5 Å². The van der Waals surface area contributed by atoms with Crippen LogP contribution in [0.3, 0.4) is 0 Å². The minimum atomic E-state index is 0. The normalized spacial score (nSPS) is 11.3. The first kappa shape index (κ1) is 23.3. The molecule has 7 heteroatoms. The fraction of sp³-hybridized carbons (Fsp3) is 0.500. The largest absolute Gasteiger partial charge is 0.491 e. The van der Waals surface area contributed by atoms with E-state index in [0.717, 1.165) is 47.1 Å². The maximum atomic E-state index is 5.74. The fourth-order valence-corrected chi connectivity index (χ4v) is 2.72. The Hall–Kier alpha value is -1.77. The Kier molecular flexibility index (Phi) is 10.2. The molecule has 0 amide bonds. The minimum absolute atomic E-state index is 0. The van der Waals surface area contributed by atoms with Crippen LogP contribution in [0.4, 0.5) is 0 Å². The van der Waals surface area contributed by atoms with Gasteiger partial charge in [-0.2, -0.15) is 0 Å². The predicted molar refractivity (Wildman–Crippen MR) is 120 cm³/mol. The number of aliphatic imine (C=N–C) groups is 1. The molecule has 0 radical (unpaired) electrons. The van der Waals surface area contributed by atoms with Crippen LogP contribution < -0.4 is 15.4 Å². The van der Waals surface area contributed by atoms with E-state index in [0.29, 0.717) is 13.1 Å². The highest BCUT2D eigenvalue weighted by atomic mass is 127. The second-order valence-electron chi connectivity index (χ2n) is 6.33. The van der Waals surface area contributed by atoms with Crippen molar-refractivity contribution in [1.82, 2.24) is 15.8 Å². The van der Waals surface area contributed by atoms with Gasteiger partial charge in [0.2, 0.25) is 0 Å². The van der Waals surface area contributed by atoms with Crippen molar-refractivity contribution in [3.8, 4) is 5.75 Å². The number of ether oxygens (including phenoxy) is 1. The average Bonchev–Trinajstić information content (AvgIpc) is 3.03. The van der Waals surface area contributed by atoms with E-state index >= 15 is 0 Å². The number of guanidine groups is 1. The Morgan fingerprint density at radius 3 is 2.56 bits per heavy atom. The molecule has 0 aliphatic rings. The van der Waals surface area contributed by atoms with Crippen molar-refractivity contribution in [3.05, 3.63) is 46.8 Å². The van der Waals surface area contributed by atoms with Crippen LogP contribution in [0, 0.1) is 0 Å². The van der Waals surface area contributed by atoms with Gasteiger partial charge in [-0.1, -0.05) is 31.1 Å². The SMILES string of the molecule is CCc1noc(CC)c1CNC(=NC)NCc1cccc(OC(C)C)c1.I. The second-order valence-corrected chi connectivity index (χ2v) is 6.33. The Balaban J connectivity index is 0.00000364. The number of aromatic nitrogens is 1. The first-order chi connectivity index (χ1) is 12.6. The molecule has 2 aromatic rings. The van der Waals surface area contributed by atoms with Gasteiger partial charge in [0.05, 0.1) is 11.8 Å². The first-order valence-corrected chi connectivity index (χ1v) is 9.23. The molecule has 0 atom stereocenters. The summed E-state index contributed by atoms with van der Waals surface area (Å²) in [5, 5.41) is 10.8. The number of benzene rings is 1. The van der Waals surface area contributed by atoms with Crippen molar-refractivity contribution in [1.29, 1.82) is 0 Å². The first-order valence-electron chi connectivity index (χ1n) is 9.23. The summed E-state index contributed by atoms with van der Waals surface area (Å²) in [5.41, 5.74) is 3.27. The zero-order valence-electron chi connectivity index (χ0n) is 16.8. The number of nitrogens with one attached hydrogen (secondary N) is 2. The molecule has 1 heterocycles. The molecule has 0 aliphatic heterocycles. The Bertz CT molecular complexity index is 707. The molecule has 6 nitrogen and oxygen atoms in total. The molecule has 0 spiro atoms. The molecule has 0 unspecified atom stereocenters. The average molecular weight is 486 g/mol. The Labute approximate surface area is 179 Å². The molecule has 0 fully saturated rings. The minimum Gasteiger partial charge on any atom is -0.491 e. The van der Waals surface area contributed by atoms with Crippen molar-refractivity contribution in [2.75, 3.05) is 7.05 Å². The summed E-state index contributed by atoms with van der Waals surface area (Å²) >= 11 is 0. The van der Waals surface area contributed by atoms with Crippen molar-refractivity contribution >= 4 is 29.9 Å². The van der Waals surface area contributed by atoms with Gasteiger partial charge in [0.15, 0.2) is 5.96 Å². The molecule has 0 aliphatic carbocycles. The van der Waals surface area contributed by atoms with Crippen molar-refractivity contribution in [2.24, 2.45) is 4.99 Å². The van der Waals surface area contributed by atoms with Crippen molar-refractivity contribution < 1.29 is 9.26 Å². The van der Waals surface area contributed by atoms with Crippen LogP contribution in [0.15, 0.2) is 33.8 Å². The van der Waals surface area contributed by atoms with Crippen LogP contribution in [-0.2, 0) is 25.9 Å². The molecular weight excluding hydrogens is 455 g/mol. The fourth-order valence-electron chi connectivity index (χ4n) is 2.72. The summed E-state index contributed by atoms with van der Waals surface area (Å²) in [6.45, 7) is 9.52. The van der Waals surface area contributed by atoms with E-state index in [2.05, 4.69) is 40.7 Å². The predicted octanol–water partition coefficient (Wildman–Crippen LogP) is 4.07. The number of nitrogens with zero attached hydrogens (tertiary/aromatic N) is 2. The van der Waals surface area contributed by atoms with Gasteiger partial charge < -0.3 is 19.9 Å². The lowest BCUT2D eigenvalue weighted by atomic mass is 10.1. The lowest BCUT2D eigenvalue weighted by Crippen LogP contribution is -2.36. The summed E-state index contributed by atoms with van der Waals surface area (Å²) < 4.78 is 11.2. The lowest BCUT2D eigenvalue weighted by molar-refractivity contribution is 0.242. The smallest absolute Gasteiger partial charge is 0.191 e. The molecule has 0 saturated heterocycles. The van der Waals surface area contributed by atoms with Crippen LogP contribution in [0.2, 0.25) is 0 Å². The number of halogens is 1. The van der Waals surface area contributed by atoms with Crippen LogP contribution in [0.25, 0.3) is 0 Å². The van der Waals surface area contributed by atoms with E-state index in [1.807, 2.05) is 32.0 Å². The third-order valence-electron chi connectivity index (χ3n) is 3.99. The molecule has 2 rings (SSSR count). The molecule has 0 saturated carbocycles. The van der Waals surface area contributed by atoms with Gasteiger partial charge in [0, 0.05) is 32.1 Å². The van der Waals surface area contributed by atoms with Crippen LogP contribution in [0.1, 0.15) is 50.3 Å².